The van der Waals surface area contributed by atoms with Crippen molar-refractivity contribution in [3.8, 4) is 0 Å². The van der Waals surface area contributed by atoms with Crippen molar-refractivity contribution in [2.45, 2.75) is 51.6 Å². The van der Waals surface area contributed by atoms with Crippen LogP contribution < -0.4 is 10.6 Å². The monoisotopic (exact) mass is 506 g/mol. The van der Waals surface area contributed by atoms with Crippen LogP contribution in [0.1, 0.15) is 43.1 Å². The second-order valence-electron chi connectivity index (χ2n) is 7.87. The van der Waals surface area contributed by atoms with Gasteiger partial charge in [0.1, 0.15) is 0 Å². The number of para-hydroxylation sites is 1. The first kappa shape index (κ1) is 21.7. The fourth-order valence-electron chi connectivity index (χ4n) is 3.94. The van der Waals surface area contributed by atoms with Gasteiger partial charge in [0, 0.05) is 55.4 Å². The number of H-pyrrole nitrogens is 1. The van der Waals surface area contributed by atoms with Gasteiger partial charge in [-0.2, -0.15) is 5.10 Å². The van der Waals surface area contributed by atoms with Gasteiger partial charge in [-0.05, 0) is 50.3 Å². The SMILES string of the molecule is CN=C(NCCc1c[nH]c2ccccc12)NC1CCc2cn(C(C)C)nc2C1.I. The van der Waals surface area contributed by atoms with Gasteiger partial charge >= 0.3 is 0 Å². The standard InChI is InChI=1S/C22H30N6.HI/c1-15(2)28-14-17-8-9-18(12-21(17)27-28)26-22(23-3)24-11-10-16-13-25-20-7-5-4-6-19(16)20;/h4-7,13-15,18,25H,8-12H2,1-3H3,(H2,23,24,26);1H. The van der Waals surface area contributed by atoms with Crippen LogP contribution in [0.15, 0.2) is 41.7 Å². The van der Waals surface area contributed by atoms with Crippen LogP contribution in [0, 0.1) is 0 Å². The van der Waals surface area contributed by atoms with Crippen molar-refractivity contribution >= 4 is 40.8 Å². The molecule has 0 fully saturated rings. The maximum absolute atomic E-state index is 4.77. The molecule has 4 rings (SSSR count). The average molecular weight is 506 g/mol. The Kier molecular flexibility index (Phi) is 7.21. The number of hydrogen-bond acceptors (Lipinski definition) is 2. The Morgan fingerprint density at radius 3 is 2.97 bits per heavy atom. The van der Waals surface area contributed by atoms with E-state index in [1.807, 2.05) is 7.05 Å². The number of nitrogens with one attached hydrogen (secondary N) is 3. The second kappa shape index (κ2) is 9.65. The zero-order chi connectivity index (χ0) is 19.5. The van der Waals surface area contributed by atoms with E-state index in [1.54, 1.807) is 0 Å². The number of rotatable bonds is 5. The van der Waals surface area contributed by atoms with Crippen molar-refractivity contribution in [1.29, 1.82) is 0 Å². The molecule has 1 unspecified atom stereocenters. The number of fused-ring (bicyclic) bond motifs is 2. The van der Waals surface area contributed by atoms with Gasteiger partial charge < -0.3 is 15.6 Å². The Morgan fingerprint density at radius 1 is 1.34 bits per heavy atom. The van der Waals surface area contributed by atoms with E-state index in [0.29, 0.717) is 12.1 Å². The summed E-state index contributed by atoms with van der Waals surface area (Å²) in [6.07, 6.45) is 8.42. The molecule has 0 saturated carbocycles. The van der Waals surface area contributed by atoms with Crippen molar-refractivity contribution in [1.82, 2.24) is 25.4 Å². The minimum Gasteiger partial charge on any atom is -0.361 e. The van der Waals surface area contributed by atoms with Gasteiger partial charge in [0.05, 0.1) is 5.69 Å². The third-order valence-electron chi connectivity index (χ3n) is 5.55. The van der Waals surface area contributed by atoms with Crippen molar-refractivity contribution in [2.75, 3.05) is 13.6 Å². The Hall–Kier alpha value is -2.03. The Balaban J connectivity index is 0.00000240. The van der Waals surface area contributed by atoms with Crippen LogP contribution in [0.5, 0.6) is 0 Å². The van der Waals surface area contributed by atoms with Crippen LogP contribution in [0.3, 0.4) is 0 Å². The molecule has 0 aliphatic heterocycles. The molecule has 0 radical (unpaired) electrons. The maximum atomic E-state index is 4.77. The topological polar surface area (TPSA) is 70.0 Å². The van der Waals surface area contributed by atoms with E-state index in [2.05, 4.69) is 75.8 Å². The molecule has 1 aliphatic rings. The normalized spacial score (nSPS) is 16.6. The molecule has 0 amide bonds. The molecule has 1 aliphatic carbocycles. The number of benzene rings is 1. The lowest BCUT2D eigenvalue weighted by Crippen LogP contribution is -2.46. The molecule has 2 heterocycles. The van der Waals surface area contributed by atoms with Gasteiger partial charge in [-0.3, -0.25) is 9.67 Å². The minimum atomic E-state index is 0. The summed E-state index contributed by atoms with van der Waals surface area (Å²) < 4.78 is 2.08. The number of nitrogens with zero attached hydrogens (tertiary/aromatic N) is 3. The molecule has 2 aromatic heterocycles. The maximum Gasteiger partial charge on any atom is 0.191 e. The first-order valence-electron chi connectivity index (χ1n) is 10.2. The third-order valence-corrected chi connectivity index (χ3v) is 5.55. The minimum absolute atomic E-state index is 0. The summed E-state index contributed by atoms with van der Waals surface area (Å²) in [6.45, 7) is 5.20. The number of aromatic nitrogens is 3. The fourth-order valence-corrected chi connectivity index (χ4v) is 3.94. The molecule has 3 aromatic rings. The lowest BCUT2D eigenvalue weighted by Gasteiger charge is -2.24. The van der Waals surface area contributed by atoms with Crippen LogP contribution in [-0.2, 0) is 19.3 Å². The molecule has 29 heavy (non-hydrogen) atoms. The van der Waals surface area contributed by atoms with E-state index in [1.165, 1.54) is 27.7 Å². The van der Waals surface area contributed by atoms with E-state index in [-0.39, 0.29) is 24.0 Å². The van der Waals surface area contributed by atoms with E-state index >= 15 is 0 Å². The molecule has 6 nitrogen and oxygen atoms in total. The summed E-state index contributed by atoms with van der Waals surface area (Å²) >= 11 is 0. The molecule has 7 heteroatoms. The molecule has 1 aromatic carbocycles. The summed E-state index contributed by atoms with van der Waals surface area (Å²) in [5, 5.41) is 13.1. The lowest BCUT2D eigenvalue weighted by molar-refractivity contribution is 0.499. The highest BCUT2D eigenvalue weighted by Gasteiger charge is 2.23. The molecular formula is C22H31IN6. The van der Waals surface area contributed by atoms with Crippen LogP contribution in [0.4, 0.5) is 0 Å². The van der Waals surface area contributed by atoms with E-state index in [0.717, 1.165) is 38.2 Å². The number of aryl methyl sites for hydroxylation is 1. The van der Waals surface area contributed by atoms with Crippen LogP contribution >= 0.6 is 24.0 Å². The highest BCUT2D eigenvalue weighted by Crippen LogP contribution is 2.22. The van der Waals surface area contributed by atoms with Gasteiger partial charge in [0.2, 0.25) is 0 Å². The van der Waals surface area contributed by atoms with Gasteiger partial charge in [0.15, 0.2) is 5.96 Å². The Morgan fingerprint density at radius 2 is 2.17 bits per heavy atom. The number of halogens is 1. The fraction of sp³-hybridized carbons (Fsp3) is 0.455. The van der Waals surface area contributed by atoms with Crippen molar-refractivity contribution < 1.29 is 0 Å². The summed E-state index contributed by atoms with van der Waals surface area (Å²) in [4.78, 5) is 7.76. The molecular weight excluding hydrogens is 475 g/mol. The van der Waals surface area contributed by atoms with Crippen molar-refractivity contribution in [3.63, 3.8) is 0 Å². The summed E-state index contributed by atoms with van der Waals surface area (Å²) in [5.41, 5.74) is 5.15. The first-order chi connectivity index (χ1) is 13.6. The van der Waals surface area contributed by atoms with Gasteiger partial charge in [-0.15, -0.1) is 24.0 Å². The number of hydrogen-bond donors (Lipinski definition) is 3. The van der Waals surface area contributed by atoms with E-state index < -0.39 is 0 Å². The van der Waals surface area contributed by atoms with Gasteiger partial charge in [-0.1, -0.05) is 18.2 Å². The number of guanidine groups is 1. The quantitative estimate of drug-likeness (QED) is 0.280. The molecule has 0 bridgehead atoms. The molecule has 1 atom stereocenters. The first-order valence-corrected chi connectivity index (χ1v) is 10.2. The lowest BCUT2D eigenvalue weighted by atomic mass is 9.94. The largest absolute Gasteiger partial charge is 0.361 e. The predicted molar refractivity (Wildman–Crippen MR) is 130 cm³/mol. The van der Waals surface area contributed by atoms with Crippen molar-refractivity contribution in [3.05, 3.63) is 53.5 Å². The second-order valence-corrected chi connectivity index (χ2v) is 7.87. The summed E-state index contributed by atoms with van der Waals surface area (Å²) in [6, 6.07) is 9.23. The molecule has 0 saturated heterocycles. The van der Waals surface area contributed by atoms with Crippen LogP contribution in [0.2, 0.25) is 0 Å². The number of aromatic amines is 1. The summed E-state index contributed by atoms with van der Waals surface area (Å²) in [7, 11) is 1.84. The van der Waals surface area contributed by atoms with Gasteiger partial charge in [-0.25, -0.2) is 0 Å². The van der Waals surface area contributed by atoms with Crippen LogP contribution in [0.25, 0.3) is 10.9 Å². The van der Waals surface area contributed by atoms with Gasteiger partial charge in [0.25, 0.3) is 0 Å². The van der Waals surface area contributed by atoms with E-state index in [4.69, 9.17) is 5.10 Å². The van der Waals surface area contributed by atoms with E-state index in [9.17, 15) is 0 Å². The molecule has 3 N–H and O–H groups in total. The van der Waals surface area contributed by atoms with Crippen molar-refractivity contribution in [2.24, 2.45) is 4.99 Å². The highest BCUT2D eigenvalue weighted by molar-refractivity contribution is 14.0. The third kappa shape index (κ3) is 4.94. The zero-order valence-corrected chi connectivity index (χ0v) is 19.7. The predicted octanol–water partition coefficient (Wildman–Crippen LogP) is 3.83. The molecule has 0 spiro atoms. The number of aliphatic imine (C=N–C) groups is 1. The van der Waals surface area contributed by atoms with Crippen LogP contribution in [-0.4, -0.2) is 40.4 Å². The zero-order valence-electron chi connectivity index (χ0n) is 17.4. The Labute approximate surface area is 189 Å². The smallest absolute Gasteiger partial charge is 0.191 e. The summed E-state index contributed by atoms with van der Waals surface area (Å²) in [5.74, 6) is 0.872. The molecule has 156 valence electrons. The highest BCUT2D eigenvalue weighted by atomic mass is 127. The Bertz CT molecular complexity index is 971. The average Bonchev–Trinajstić information content (AvgIpc) is 3.31.